The Hall–Kier alpha value is -5.96. The van der Waals surface area contributed by atoms with Crippen LogP contribution in [0.4, 0.5) is 11.4 Å². The number of benzene rings is 6. The maximum Gasteiger partial charge on any atom is 0.0700 e. The van der Waals surface area contributed by atoms with Crippen molar-refractivity contribution in [3.63, 3.8) is 0 Å². The number of hydrogen-bond acceptors (Lipinski definition) is 2. The van der Waals surface area contributed by atoms with Gasteiger partial charge in [0.25, 0.3) is 0 Å². The molecule has 11 rings (SSSR count). The number of rotatable bonds is 3. The van der Waals surface area contributed by atoms with Crippen LogP contribution in [0.1, 0.15) is 71.2 Å². The van der Waals surface area contributed by atoms with Gasteiger partial charge in [-0.2, -0.15) is 0 Å². The molecule has 2 nitrogen and oxygen atoms in total. The third-order valence-electron chi connectivity index (χ3n) is 12.8. The van der Waals surface area contributed by atoms with Gasteiger partial charge in [-0.25, -0.2) is 0 Å². The summed E-state index contributed by atoms with van der Waals surface area (Å²) in [6.07, 6.45) is 8.07. The highest BCUT2D eigenvalue weighted by molar-refractivity contribution is 6.01. The number of fused-ring (bicyclic) bond motifs is 9. The molecular formula is C52H42N2. The van der Waals surface area contributed by atoms with E-state index in [1.807, 2.05) is 0 Å². The fourth-order valence-electron chi connectivity index (χ4n) is 10.6. The molecule has 4 bridgehead atoms. The molecule has 0 fully saturated rings. The summed E-state index contributed by atoms with van der Waals surface area (Å²) in [5.74, 6) is 0. The van der Waals surface area contributed by atoms with Gasteiger partial charge in [0.2, 0.25) is 0 Å². The van der Waals surface area contributed by atoms with Crippen molar-refractivity contribution >= 4 is 28.1 Å². The summed E-state index contributed by atoms with van der Waals surface area (Å²) in [4.78, 5) is 2.60. The molecule has 2 unspecified atom stereocenters. The topological polar surface area (TPSA) is 15.3 Å². The zero-order valence-corrected chi connectivity index (χ0v) is 30.6. The van der Waals surface area contributed by atoms with E-state index in [1.54, 1.807) is 5.57 Å². The van der Waals surface area contributed by atoms with Gasteiger partial charge in [0.15, 0.2) is 0 Å². The molecule has 3 heterocycles. The van der Waals surface area contributed by atoms with Crippen LogP contribution in [-0.4, -0.2) is 13.1 Å². The summed E-state index contributed by atoms with van der Waals surface area (Å²) in [6, 6.07) is 57.1. The number of para-hydroxylation sites is 2. The fourth-order valence-corrected chi connectivity index (χ4v) is 10.6. The molecule has 6 aromatic carbocycles. The number of anilines is 2. The molecule has 54 heavy (non-hydrogen) atoms. The fraction of sp³-hybridized carbons (Fsp3) is 0.154. The van der Waals surface area contributed by atoms with Crippen LogP contribution in [0, 0.1) is 0 Å². The molecule has 0 aromatic heterocycles. The predicted molar refractivity (Wildman–Crippen MR) is 225 cm³/mol. The van der Waals surface area contributed by atoms with E-state index in [-0.39, 0.29) is 6.04 Å². The standard InChI is InChI=1S/C52H42N2/c1-34-30-48(36-18-6-3-7-19-36)53-32-37(31-42(34)35-16-4-2-5-17-35)38-22-14-27-47-51(38)41-21-8-10-24-44(41)52(47)45-26-15-23-39-40-20-9-12-28-49(40)54(33-43(39)45)50-29-13-11-25-46(50)52/h2-14,16-25,27-29,31,48,53H,15,26,30,32-33H2,1H3/b37-31+,42-34+. The highest BCUT2D eigenvalue weighted by atomic mass is 15.2. The molecule has 2 heteroatoms. The van der Waals surface area contributed by atoms with E-state index in [9.17, 15) is 0 Å². The Labute approximate surface area is 318 Å². The molecule has 2 atom stereocenters. The highest BCUT2D eigenvalue weighted by Gasteiger charge is 2.53. The molecule has 0 amide bonds. The normalized spacial score (nSPS) is 23.2. The van der Waals surface area contributed by atoms with Crippen LogP contribution < -0.4 is 10.2 Å². The first-order chi connectivity index (χ1) is 26.7. The van der Waals surface area contributed by atoms with Crippen LogP contribution in [0.25, 0.3) is 27.8 Å². The summed E-state index contributed by atoms with van der Waals surface area (Å²) >= 11 is 0. The minimum Gasteiger partial charge on any atom is -0.336 e. The second-order valence-electron chi connectivity index (χ2n) is 15.5. The monoisotopic (exact) mass is 694 g/mol. The Morgan fingerprint density at radius 1 is 0.630 bits per heavy atom. The van der Waals surface area contributed by atoms with Gasteiger partial charge in [-0.3, -0.25) is 0 Å². The zero-order valence-electron chi connectivity index (χ0n) is 30.6. The third-order valence-corrected chi connectivity index (χ3v) is 12.8. The molecule has 3 aliphatic heterocycles. The van der Waals surface area contributed by atoms with Gasteiger partial charge < -0.3 is 10.2 Å². The van der Waals surface area contributed by atoms with E-state index in [0.29, 0.717) is 0 Å². The second-order valence-corrected chi connectivity index (χ2v) is 15.5. The van der Waals surface area contributed by atoms with Crippen LogP contribution in [0.3, 0.4) is 0 Å². The molecule has 5 aliphatic rings. The van der Waals surface area contributed by atoms with Crippen LogP contribution in [-0.2, 0) is 5.41 Å². The lowest BCUT2D eigenvalue weighted by atomic mass is 9.63. The summed E-state index contributed by atoms with van der Waals surface area (Å²) in [7, 11) is 0. The van der Waals surface area contributed by atoms with Crippen molar-refractivity contribution in [2.45, 2.75) is 37.6 Å². The lowest BCUT2D eigenvalue weighted by molar-refractivity contribution is 0.565. The predicted octanol–water partition coefficient (Wildman–Crippen LogP) is 12.2. The van der Waals surface area contributed by atoms with Crippen molar-refractivity contribution in [3.05, 3.63) is 219 Å². The molecule has 0 saturated heterocycles. The lowest BCUT2D eigenvalue weighted by Crippen LogP contribution is -2.31. The molecule has 1 N–H and O–H groups in total. The van der Waals surface area contributed by atoms with E-state index in [0.717, 1.165) is 32.4 Å². The highest BCUT2D eigenvalue weighted by Crippen LogP contribution is 2.64. The Morgan fingerprint density at radius 2 is 1.30 bits per heavy atom. The van der Waals surface area contributed by atoms with Crippen molar-refractivity contribution in [3.8, 4) is 11.1 Å². The number of hydrogen-bond donors (Lipinski definition) is 1. The second kappa shape index (κ2) is 12.3. The summed E-state index contributed by atoms with van der Waals surface area (Å²) in [5, 5.41) is 4.05. The number of nitrogens with one attached hydrogen (secondary N) is 1. The van der Waals surface area contributed by atoms with E-state index in [1.165, 1.54) is 89.3 Å². The molecule has 2 aliphatic carbocycles. The van der Waals surface area contributed by atoms with Crippen molar-refractivity contribution in [1.29, 1.82) is 0 Å². The first-order valence-corrected chi connectivity index (χ1v) is 19.6. The first kappa shape index (κ1) is 31.6. The SMILES string of the molecule is C/C1=C(c2ccccc2)/C=C(/c2cccc3c2-c2ccccc2C32C3=C4CN(c5ccccc5C4=CCC3)c3ccccc32)CNC(c2ccccc2)C1. The average molecular weight is 695 g/mol. The van der Waals surface area contributed by atoms with E-state index < -0.39 is 5.41 Å². The molecule has 1 spiro atoms. The molecule has 6 aromatic rings. The summed E-state index contributed by atoms with van der Waals surface area (Å²) in [5.41, 5.74) is 23.1. The average Bonchev–Trinajstić information content (AvgIpc) is 3.46. The summed E-state index contributed by atoms with van der Waals surface area (Å²) < 4.78 is 0. The van der Waals surface area contributed by atoms with Crippen LogP contribution >= 0.6 is 0 Å². The van der Waals surface area contributed by atoms with Crippen LogP contribution in [0.15, 0.2) is 181 Å². The third kappa shape index (κ3) is 4.50. The Balaban J connectivity index is 1.19. The van der Waals surface area contributed by atoms with Crippen molar-refractivity contribution in [2.75, 3.05) is 18.0 Å². The van der Waals surface area contributed by atoms with Gasteiger partial charge >= 0.3 is 0 Å². The van der Waals surface area contributed by atoms with Crippen LogP contribution in [0.5, 0.6) is 0 Å². The van der Waals surface area contributed by atoms with Gasteiger partial charge in [-0.05, 0) is 117 Å². The Morgan fingerprint density at radius 3 is 2.13 bits per heavy atom. The number of allylic oxidation sites excluding steroid dienone is 4. The minimum absolute atomic E-state index is 0.215. The summed E-state index contributed by atoms with van der Waals surface area (Å²) in [6.45, 7) is 4.00. The quantitative estimate of drug-likeness (QED) is 0.198. The van der Waals surface area contributed by atoms with Crippen molar-refractivity contribution in [1.82, 2.24) is 5.32 Å². The van der Waals surface area contributed by atoms with Gasteiger partial charge in [0.05, 0.1) is 5.41 Å². The first-order valence-electron chi connectivity index (χ1n) is 19.6. The molecule has 260 valence electrons. The maximum atomic E-state index is 4.05. The van der Waals surface area contributed by atoms with Gasteiger partial charge in [0.1, 0.15) is 0 Å². The van der Waals surface area contributed by atoms with Crippen molar-refractivity contribution in [2.24, 2.45) is 0 Å². The van der Waals surface area contributed by atoms with Gasteiger partial charge in [-0.1, -0.05) is 151 Å². The van der Waals surface area contributed by atoms with E-state index >= 15 is 0 Å². The van der Waals surface area contributed by atoms with Crippen molar-refractivity contribution < 1.29 is 0 Å². The minimum atomic E-state index is -0.402. The molecular weight excluding hydrogens is 653 g/mol. The smallest absolute Gasteiger partial charge is 0.0700 e. The Bertz CT molecular complexity index is 2620. The lowest BCUT2D eigenvalue weighted by Gasteiger charge is -2.38. The van der Waals surface area contributed by atoms with Gasteiger partial charge in [-0.15, -0.1) is 0 Å². The Kier molecular flexibility index (Phi) is 7.19. The van der Waals surface area contributed by atoms with Gasteiger partial charge in [0, 0.05) is 36.1 Å². The largest absolute Gasteiger partial charge is 0.336 e. The number of nitrogens with zero attached hydrogens (tertiary/aromatic N) is 1. The molecule has 0 radical (unpaired) electrons. The zero-order chi connectivity index (χ0) is 35.8. The van der Waals surface area contributed by atoms with E-state index in [2.05, 4.69) is 181 Å². The maximum absolute atomic E-state index is 4.05. The van der Waals surface area contributed by atoms with Crippen LogP contribution in [0.2, 0.25) is 0 Å². The van der Waals surface area contributed by atoms with E-state index in [4.69, 9.17) is 0 Å². The molecule has 0 saturated carbocycles.